The lowest BCUT2D eigenvalue weighted by molar-refractivity contribution is 0.464. The quantitative estimate of drug-likeness (QED) is 0.277. The molecule has 3 N–H and O–H groups in total. The van der Waals surface area contributed by atoms with E-state index in [1.165, 1.54) is 0 Å². The van der Waals surface area contributed by atoms with Gasteiger partial charge in [-0.1, -0.05) is 42.5 Å². The molecule has 0 fully saturated rings. The molecule has 3 rings (SSSR count). The summed E-state index contributed by atoms with van der Waals surface area (Å²) in [4.78, 5) is 14.6. The van der Waals surface area contributed by atoms with Crippen molar-refractivity contribution < 1.29 is 5.11 Å². The van der Waals surface area contributed by atoms with Gasteiger partial charge in [0, 0.05) is 13.6 Å². The highest BCUT2D eigenvalue weighted by atomic mass is 127. The highest BCUT2D eigenvalue weighted by Gasteiger charge is 2.10. The number of aromatic amines is 1. The number of H-pyrrole nitrogens is 1. The summed E-state index contributed by atoms with van der Waals surface area (Å²) in [5, 5.41) is 12.7. The summed E-state index contributed by atoms with van der Waals surface area (Å²) < 4.78 is 0. The number of halogens is 1. The van der Waals surface area contributed by atoms with Gasteiger partial charge in [0.15, 0.2) is 5.96 Å². The molecule has 0 spiro atoms. The Morgan fingerprint density at radius 3 is 2.54 bits per heavy atom. The second-order valence-electron chi connectivity index (χ2n) is 6.30. The summed E-state index contributed by atoms with van der Waals surface area (Å²) in [6.07, 6.45) is 1.86. The zero-order chi connectivity index (χ0) is 19.1. The molecule has 0 atom stereocenters. The maximum atomic E-state index is 9.39. The molecule has 0 aliphatic heterocycles. The van der Waals surface area contributed by atoms with Crippen molar-refractivity contribution in [3.63, 3.8) is 0 Å². The van der Waals surface area contributed by atoms with Crippen molar-refractivity contribution in [3.8, 4) is 17.0 Å². The van der Waals surface area contributed by atoms with E-state index in [4.69, 9.17) is 0 Å². The van der Waals surface area contributed by atoms with Gasteiger partial charge in [-0.2, -0.15) is 0 Å². The van der Waals surface area contributed by atoms with Crippen LogP contribution in [-0.2, 0) is 13.1 Å². The third-order valence-electron chi connectivity index (χ3n) is 4.14. The first-order valence-corrected chi connectivity index (χ1v) is 9.02. The van der Waals surface area contributed by atoms with E-state index in [1.807, 2.05) is 55.4 Å². The Morgan fingerprint density at radius 1 is 1.14 bits per heavy atom. The number of guanidine groups is 1. The number of phenolic OH excluding ortho intramolecular Hbond substituents is 1. The molecule has 1 heterocycles. The van der Waals surface area contributed by atoms with E-state index >= 15 is 0 Å². The molecule has 0 bridgehead atoms. The van der Waals surface area contributed by atoms with Crippen LogP contribution in [0.15, 0.2) is 65.8 Å². The van der Waals surface area contributed by atoms with Gasteiger partial charge in [-0.25, -0.2) is 9.98 Å². The second kappa shape index (κ2) is 10.7. The standard InChI is InChI=1S/C21H25N5O.HI/c1-3-22-21(24-13-16-9-11-18(27)12-10-16)26(2)15-20-23-14-19(25-20)17-7-5-4-6-8-17;/h4-12,14,27H,3,13,15H2,1-2H3,(H,22,24)(H,23,25);1H. The third kappa shape index (κ3) is 5.98. The molecular formula is C21H26IN5O. The molecule has 0 aliphatic rings. The number of aromatic hydroxyl groups is 1. The second-order valence-corrected chi connectivity index (χ2v) is 6.30. The number of hydrogen-bond donors (Lipinski definition) is 3. The van der Waals surface area contributed by atoms with Crippen molar-refractivity contribution in [2.45, 2.75) is 20.0 Å². The van der Waals surface area contributed by atoms with Crippen molar-refractivity contribution >= 4 is 29.9 Å². The van der Waals surface area contributed by atoms with Crippen molar-refractivity contribution in [2.75, 3.05) is 13.6 Å². The highest BCUT2D eigenvalue weighted by molar-refractivity contribution is 14.0. The summed E-state index contributed by atoms with van der Waals surface area (Å²) >= 11 is 0. The lowest BCUT2D eigenvalue weighted by Gasteiger charge is -2.21. The zero-order valence-corrected chi connectivity index (χ0v) is 18.4. The Labute approximate surface area is 182 Å². The van der Waals surface area contributed by atoms with Gasteiger partial charge in [0.1, 0.15) is 11.6 Å². The van der Waals surface area contributed by atoms with Gasteiger partial charge < -0.3 is 20.3 Å². The highest BCUT2D eigenvalue weighted by Crippen LogP contribution is 2.16. The lowest BCUT2D eigenvalue weighted by atomic mass is 10.2. The average molecular weight is 491 g/mol. The van der Waals surface area contributed by atoms with Crippen molar-refractivity contribution in [1.82, 2.24) is 20.2 Å². The minimum atomic E-state index is 0. The van der Waals surface area contributed by atoms with Gasteiger partial charge in [-0.15, -0.1) is 24.0 Å². The average Bonchev–Trinajstić information content (AvgIpc) is 3.15. The van der Waals surface area contributed by atoms with Gasteiger partial charge in [-0.3, -0.25) is 0 Å². The fourth-order valence-corrected chi connectivity index (χ4v) is 2.74. The first-order valence-electron chi connectivity index (χ1n) is 9.02. The lowest BCUT2D eigenvalue weighted by Crippen LogP contribution is -2.38. The Kier molecular flexibility index (Phi) is 8.31. The van der Waals surface area contributed by atoms with Gasteiger partial charge in [0.25, 0.3) is 0 Å². The maximum Gasteiger partial charge on any atom is 0.194 e. The van der Waals surface area contributed by atoms with Crippen LogP contribution in [0, 0.1) is 0 Å². The number of aromatic nitrogens is 2. The molecule has 0 unspecified atom stereocenters. The summed E-state index contributed by atoms with van der Waals surface area (Å²) in [5.41, 5.74) is 3.16. The van der Waals surface area contributed by atoms with Crippen LogP contribution in [0.25, 0.3) is 11.3 Å². The summed E-state index contributed by atoms with van der Waals surface area (Å²) in [5.74, 6) is 1.95. The molecule has 3 aromatic rings. The van der Waals surface area contributed by atoms with Gasteiger partial charge in [0.2, 0.25) is 0 Å². The van der Waals surface area contributed by atoms with Crippen LogP contribution >= 0.6 is 24.0 Å². The van der Waals surface area contributed by atoms with Gasteiger partial charge in [-0.05, 0) is 30.2 Å². The smallest absolute Gasteiger partial charge is 0.194 e. The molecule has 0 radical (unpaired) electrons. The normalized spacial score (nSPS) is 11.0. The molecule has 28 heavy (non-hydrogen) atoms. The summed E-state index contributed by atoms with van der Waals surface area (Å²) in [6, 6.07) is 17.3. The summed E-state index contributed by atoms with van der Waals surface area (Å²) in [6.45, 7) is 3.99. The minimum absolute atomic E-state index is 0. The zero-order valence-electron chi connectivity index (χ0n) is 16.1. The molecule has 0 saturated carbocycles. The van der Waals surface area contributed by atoms with Crippen LogP contribution in [0.3, 0.4) is 0 Å². The number of rotatable bonds is 6. The SMILES string of the molecule is CCNC(=NCc1ccc(O)cc1)N(C)Cc1ncc(-c2ccccc2)[nH]1.I. The van der Waals surface area contributed by atoms with Crippen LogP contribution in [0.5, 0.6) is 5.75 Å². The van der Waals surface area contributed by atoms with Crippen LogP contribution in [0.4, 0.5) is 0 Å². The van der Waals surface area contributed by atoms with E-state index < -0.39 is 0 Å². The van der Waals surface area contributed by atoms with Crippen molar-refractivity contribution in [2.24, 2.45) is 4.99 Å². The monoisotopic (exact) mass is 491 g/mol. The van der Waals surface area contributed by atoms with Crippen LogP contribution in [0.2, 0.25) is 0 Å². The van der Waals surface area contributed by atoms with Gasteiger partial charge >= 0.3 is 0 Å². The maximum absolute atomic E-state index is 9.39. The van der Waals surface area contributed by atoms with E-state index in [0.717, 1.165) is 35.1 Å². The number of benzene rings is 2. The van der Waals surface area contributed by atoms with Gasteiger partial charge in [0.05, 0.1) is 25.0 Å². The molecule has 0 amide bonds. The number of nitrogens with zero attached hydrogens (tertiary/aromatic N) is 3. The van der Waals surface area contributed by atoms with Crippen LogP contribution in [-0.4, -0.2) is 39.5 Å². The molecule has 2 aromatic carbocycles. The Balaban J connectivity index is 0.00000280. The van der Waals surface area contributed by atoms with E-state index in [9.17, 15) is 5.11 Å². The number of nitrogens with one attached hydrogen (secondary N) is 2. The Bertz CT molecular complexity index is 877. The first kappa shape index (κ1) is 21.7. The fourth-order valence-electron chi connectivity index (χ4n) is 2.74. The number of aliphatic imine (C=N–C) groups is 1. The van der Waals surface area contributed by atoms with E-state index in [-0.39, 0.29) is 29.7 Å². The van der Waals surface area contributed by atoms with Crippen LogP contribution in [0.1, 0.15) is 18.3 Å². The minimum Gasteiger partial charge on any atom is -0.508 e. The van der Waals surface area contributed by atoms with E-state index in [0.29, 0.717) is 13.1 Å². The van der Waals surface area contributed by atoms with E-state index in [2.05, 4.69) is 32.4 Å². The molecular weight excluding hydrogens is 465 g/mol. The molecule has 0 saturated heterocycles. The van der Waals surface area contributed by atoms with Crippen molar-refractivity contribution in [1.29, 1.82) is 0 Å². The predicted molar refractivity (Wildman–Crippen MR) is 124 cm³/mol. The number of hydrogen-bond acceptors (Lipinski definition) is 3. The first-order chi connectivity index (χ1) is 13.2. The molecule has 0 aliphatic carbocycles. The fraction of sp³-hybridized carbons (Fsp3) is 0.238. The van der Waals surface area contributed by atoms with Crippen molar-refractivity contribution in [3.05, 3.63) is 72.2 Å². The molecule has 7 heteroatoms. The molecule has 1 aromatic heterocycles. The summed E-state index contributed by atoms with van der Waals surface area (Å²) in [7, 11) is 1.99. The Morgan fingerprint density at radius 2 is 1.86 bits per heavy atom. The van der Waals surface area contributed by atoms with Crippen LogP contribution < -0.4 is 5.32 Å². The third-order valence-corrected chi connectivity index (χ3v) is 4.14. The molecule has 6 nitrogen and oxygen atoms in total. The number of phenols is 1. The number of imidazole rings is 1. The Hall–Kier alpha value is -2.55. The topological polar surface area (TPSA) is 76.5 Å². The van der Waals surface area contributed by atoms with E-state index in [1.54, 1.807) is 12.1 Å². The predicted octanol–water partition coefficient (Wildman–Crippen LogP) is 4.00. The molecule has 148 valence electrons. The largest absolute Gasteiger partial charge is 0.508 e.